The summed E-state index contributed by atoms with van der Waals surface area (Å²) in [6, 6.07) is 5.92. The number of nitrogens with one attached hydrogen (secondary N) is 2. The summed E-state index contributed by atoms with van der Waals surface area (Å²) in [6.07, 6.45) is 3.47. The molecule has 1 unspecified atom stereocenters. The highest BCUT2D eigenvalue weighted by Crippen LogP contribution is 2.16. The summed E-state index contributed by atoms with van der Waals surface area (Å²) >= 11 is 0. The largest absolute Gasteiger partial charge is 0.388 e. The Morgan fingerprint density at radius 1 is 1.33 bits per heavy atom. The van der Waals surface area contributed by atoms with Gasteiger partial charge >= 0.3 is 0 Å². The highest BCUT2D eigenvalue weighted by molar-refractivity contribution is 5.18. The Morgan fingerprint density at radius 3 is 2.78 bits per heavy atom. The SMILES string of the molecule is OC(CCNCc1ncc[nH]1)c1ccc(F)cc1. The fourth-order valence-electron chi connectivity index (χ4n) is 1.69. The lowest BCUT2D eigenvalue weighted by molar-refractivity contribution is 0.166. The topological polar surface area (TPSA) is 60.9 Å². The van der Waals surface area contributed by atoms with Gasteiger partial charge in [-0.15, -0.1) is 0 Å². The van der Waals surface area contributed by atoms with E-state index in [0.717, 1.165) is 11.4 Å². The Balaban J connectivity index is 1.71. The zero-order valence-corrected chi connectivity index (χ0v) is 9.94. The predicted molar refractivity (Wildman–Crippen MR) is 66.3 cm³/mol. The molecule has 0 saturated heterocycles. The van der Waals surface area contributed by atoms with Crippen LogP contribution >= 0.6 is 0 Å². The second-order valence-electron chi connectivity index (χ2n) is 4.07. The first-order valence-corrected chi connectivity index (χ1v) is 5.88. The normalized spacial score (nSPS) is 12.6. The summed E-state index contributed by atoms with van der Waals surface area (Å²) < 4.78 is 12.7. The number of halogens is 1. The minimum Gasteiger partial charge on any atom is -0.388 e. The zero-order valence-electron chi connectivity index (χ0n) is 9.94. The van der Waals surface area contributed by atoms with Crippen LogP contribution in [0.4, 0.5) is 4.39 Å². The van der Waals surface area contributed by atoms with Gasteiger partial charge in [-0.3, -0.25) is 0 Å². The number of aliphatic hydroxyl groups excluding tert-OH is 1. The third-order valence-electron chi connectivity index (χ3n) is 2.70. The van der Waals surface area contributed by atoms with E-state index in [1.807, 2.05) is 0 Å². The number of aromatic amines is 1. The van der Waals surface area contributed by atoms with Crippen LogP contribution in [0.5, 0.6) is 0 Å². The monoisotopic (exact) mass is 249 g/mol. The Kier molecular flexibility index (Phi) is 4.44. The zero-order chi connectivity index (χ0) is 12.8. The molecule has 0 fully saturated rings. The molecular formula is C13H16FN3O. The van der Waals surface area contributed by atoms with E-state index in [-0.39, 0.29) is 5.82 Å². The number of nitrogens with zero attached hydrogens (tertiary/aromatic N) is 1. The third-order valence-corrected chi connectivity index (χ3v) is 2.70. The van der Waals surface area contributed by atoms with Gasteiger partial charge in [0.15, 0.2) is 0 Å². The summed E-state index contributed by atoms with van der Waals surface area (Å²) in [7, 11) is 0. The molecule has 0 amide bonds. The van der Waals surface area contributed by atoms with Gasteiger partial charge in [-0.05, 0) is 30.7 Å². The van der Waals surface area contributed by atoms with Crippen molar-refractivity contribution in [3.05, 3.63) is 53.9 Å². The first-order chi connectivity index (χ1) is 8.75. The van der Waals surface area contributed by atoms with Crippen molar-refractivity contribution in [3.8, 4) is 0 Å². The van der Waals surface area contributed by atoms with Crippen molar-refractivity contribution < 1.29 is 9.50 Å². The molecule has 0 spiro atoms. The summed E-state index contributed by atoms with van der Waals surface area (Å²) in [5, 5.41) is 13.1. The maximum absolute atomic E-state index is 12.7. The Morgan fingerprint density at radius 2 is 2.11 bits per heavy atom. The van der Waals surface area contributed by atoms with Gasteiger partial charge in [-0.25, -0.2) is 9.37 Å². The molecule has 0 aliphatic carbocycles. The molecule has 1 heterocycles. The van der Waals surface area contributed by atoms with E-state index in [9.17, 15) is 9.50 Å². The maximum atomic E-state index is 12.7. The number of hydrogen-bond acceptors (Lipinski definition) is 3. The maximum Gasteiger partial charge on any atom is 0.123 e. The lowest BCUT2D eigenvalue weighted by Crippen LogP contribution is -2.18. The van der Waals surface area contributed by atoms with Gasteiger partial charge in [-0.1, -0.05) is 12.1 Å². The quantitative estimate of drug-likeness (QED) is 0.684. The van der Waals surface area contributed by atoms with Gasteiger partial charge in [0.05, 0.1) is 12.6 Å². The highest BCUT2D eigenvalue weighted by atomic mass is 19.1. The molecule has 18 heavy (non-hydrogen) atoms. The average molecular weight is 249 g/mol. The summed E-state index contributed by atoms with van der Waals surface area (Å²) in [5.41, 5.74) is 0.733. The molecule has 2 aromatic rings. The van der Waals surface area contributed by atoms with Crippen LogP contribution in [-0.2, 0) is 6.54 Å². The van der Waals surface area contributed by atoms with Crippen molar-refractivity contribution in [2.45, 2.75) is 19.1 Å². The molecule has 5 heteroatoms. The van der Waals surface area contributed by atoms with Gasteiger partial charge < -0.3 is 15.4 Å². The lowest BCUT2D eigenvalue weighted by atomic mass is 10.1. The Hall–Kier alpha value is -1.72. The fourth-order valence-corrected chi connectivity index (χ4v) is 1.69. The highest BCUT2D eigenvalue weighted by Gasteiger charge is 2.06. The number of aliphatic hydroxyl groups is 1. The number of H-pyrrole nitrogens is 1. The molecule has 0 saturated carbocycles. The lowest BCUT2D eigenvalue weighted by Gasteiger charge is -2.11. The Bertz CT molecular complexity index is 456. The van der Waals surface area contributed by atoms with E-state index < -0.39 is 6.10 Å². The van der Waals surface area contributed by atoms with E-state index in [1.165, 1.54) is 12.1 Å². The first kappa shape index (κ1) is 12.7. The summed E-state index contributed by atoms with van der Waals surface area (Å²) in [6.45, 7) is 1.31. The van der Waals surface area contributed by atoms with E-state index >= 15 is 0 Å². The summed E-state index contributed by atoms with van der Waals surface area (Å²) in [5.74, 6) is 0.577. The predicted octanol–water partition coefficient (Wildman–Crippen LogP) is 1.76. The molecule has 3 N–H and O–H groups in total. The number of rotatable bonds is 6. The van der Waals surface area contributed by atoms with E-state index in [1.54, 1.807) is 24.5 Å². The van der Waals surface area contributed by atoms with Gasteiger partial charge in [0.25, 0.3) is 0 Å². The van der Waals surface area contributed by atoms with Gasteiger partial charge in [0, 0.05) is 12.4 Å². The van der Waals surface area contributed by atoms with Crippen LogP contribution in [0.2, 0.25) is 0 Å². The molecule has 96 valence electrons. The molecule has 0 bridgehead atoms. The van der Waals surface area contributed by atoms with Crippen molar-refractivity contribution in [2.24, 2.45) is 0 Å². The van der Waals surface area contributed by atoms with Crippen LogP contribution in [0.15, 0.2) is 36.7 Å². The number of benzene rings is 1. The number of imidazole rings is 1. The van der Waals surface area contributed by atoms with Crippen molar-refractivity contribution in [1.29, 1.82) is 0 Å². The van der Waals surface area contributed by atoms with E-state index in [2.05, 4.69) is 15.3 Å². The van der Waals surface area contributed by atoms with Crippen molar-refractivity contribution >= 4 is 0 Å². The van der Waals surface area contributed by atoms with E-state index in [4.69, 9.17) is 0 Å². The van der Waals surface area contributed by atoms with Crippen LogP contribution in [0.25, 0.3) is 0 Å². The van der Waals surface area contributed by atoms with Crippen molar-refractivity contribution in [3.63, 3.8) is 0 Å². The average Bonchev–Trinajstić information content (AvgIpc) is 2.88. The standard InChI is InChI=1S/C13H16FN3O/c14-11-3-1-10(2-4-11)12(18)5-6-15-9-13-16-7-8-17-13/h1-4,7-8,12,15,18H,5-6,9H2,(H,16,17). The summed E-state index contributed by atoms with van der Waals surface area (Å²) in [4.78, 5) is 7.06. The van der Waals surface area contributed by atoms with E-state index in [0.29, 0.717) is 19.5 Å². The minimum atomic E-state index is -0.574. The third kappa shape index (κ3) is 3.65. The van der Waals surface area contributed by atoms with Crippen LogP contribution in [0, 0.1) is 5.82 Å². The van der Waals surface area contributed by atoms with Crippen LogP contribution in [0.3, 0.4) is 0 Å². The number of hydrogen-bond donors (Lipinski definition) is 3. The second kappa shape index (κ2) is 6.28. The molecule has 4 nitrogen and oxygen atoms in total. The molecular weight excluding hydrogens is 233 g/mol. The van der Waals surface area contributed by atoms with Crippen LogP contribution < -0.4 is 5.32 Å². The Labute approximate surface area is 105 Å². The van der Waals surface area contributed by atoms with Crippen LogP contribution in [-0.4, -0.2) is 21.6 Å². The molecule has 1 aromatic heterocycles. The molecule has 2 rings (SSSR count). The van der Waals surface area contributed by atoms with Crippen LogP contribution in [0.1, 0.15) is 23.9 Å². The fraction of sp³-hybridized carbons (Fsp3) is 0.308. The van der Waals surface area contributed by atoms with Gasteiger partial charge in [-0.2, -0.15) is 0 Å². The van der Waals surface area contributed by atoms with Gasteiger partial charge in [0.2, 0.25) is 0 Å². The molecule has 0 radical (unpaired) electrons. The first-order valence-electron chi connectivity index (χ1n) is 5.88. The molecule has 1 atom stereocenters. The second-order valence-corrected chi connectivity index (χ2v) is 4.07. The van der Waals surface area contributed by atoms with Gasteiger partial charge in [0.1, 0.15) is 11.6 Å². The smallest absolute Gasteiger partial charge is 0.123 e. The van der Waals surface area contributed by atoms with Crippen molar-refractivity contribution in [1.82, 2.24) is 15.3 Å². The number of aromatic nitrogens is 2. The minimum absolute atomic E-state index is 0.290. The molecule has 0 aliphatic heterocycles. The molecule has 0 aliphatic rings. The molecule has 1 aromatic carbocycles. The van der Waals surface area contributed by atoms with Crippen molar-refractivity contribution in [2.75, 3.05) is 6.54 Å².